The van der Waals surface area contributed by atoms with Gasteiger partial charge in [0.1, 0.15) is 18.3 Å². The third-order valence-corrected chi connectivity index (χ3v) is 4.41. The van der Waals surface area contributed by atoms with Gasteiger partial charge in [-0.25, -0.2) is 0 Å². The Balaban J connectivity index is 2.17. The van der Waals surface area contributed by atoms with E-state index in [1.165, 1.54) is 38.5 Å². The van der Waals surface area contributed by atoms with Crippen molar-refractivity contribution in [2.45, 2.75) is 82.6 Å². The molecule has 2 unspecified atom stereocenters. The van der Waals surface area contributed by atoms with Gasteiger partial charge in [0.15, 0.2) is 0 Å². The first-order valence-corrected chi connectivity index (χ1v) is 8.70. The Hall–Kier alpha value is -0.460. The lowest BCUT2D eigenvalue weighted by Gasteiger charge is -2.34. The number of hydrogen-bond acceptors (Lipinski definition) is 5. The van der Waals surface area contributed by atoms with E-state index < -0.39 is 24.4 Å². The van der Waals surface area contributed by atoms with Gasteiger partial charge in [-0.2, -0.15) is 0 Å². The lowest BCUT2D eigenvalue weighted by molar-refractivity contribution is -0.0641. The van der Waals surface area contributed by atoms with Crippen molar-refractivity contribution in [3.63, 3.8) is 0 Å². The van der Waals surface area contributed by atoms with Crippen LogP contribution in [0, 0.1) is 0 Å². The Labute approximate surface area is 134 Å². The van der Waals surface area contributed by atoms with Gasteiger partial charge in [0.25, 0.3) is 0 Å². The highest BCUT2D eigenvalue weighted by molar-refractivity contribution is 5.21. The standard InChI is InChI=1S/C17H33NO4/c1-2-3-4-5-6-7-8-9-10-18-14-11-13(12-19)15(20)17(22)16(14)21/h11,14-22H,2-10,12H2,1H3/t14-,15?,16?,17+/m1/s1. The summed E-state index contributed by atoms with van der Waals surface area (Å²) in [4.78, 5) is 0. The van der Waals surface area contributed by atoms with E-state index in [1.54, 1.807) is 6.08 Å². The molecule has 0 fully saturated rings. The molecule has 0 radical (unpaired) electrons. The minimum Gasteiger partial charge on any atom is -0.392 e. The summed E-state index contributed by atoms with van der Waals surface area (Å²) in [6.45, 7) is 2.67. The second kappa shape index (κ2) is 11.1. The molecule has 5 nitrogen and oxygen atoms in total. The first-order chi connectivity index (χ1) is 10.6. The van der Waals surface area contributed by atoms with Gasteiger partial charge >= 0.3 is 0 Å². The predicted octanol–water partition coefficient (Wildman–Crippen LogP) is 1.10. The summed E-state index contributed by atoms with van der Waals surface area (Å²) < 4.78 is 0. The zero-order valence-corrected chi connectivity index (χ0v) is 13.7. The highest BCUT2D eigenvalue weighted by Crippen LogP contribution is 2.20. The first-order valence-electron chi connectivity index (χ1n) is 8.70. The third kappa shape index (κ3) is 6.34. The van der Waals surface area contributed by atoms with E-state index in [9.17, 15) is 15.3 Å². The summed E-state index contributed by atoms with van der Waals surface area (Å²) in [5.74, 6) is 0. The topological polar surface area (TPSA) is 93.0 Å². The van der Waals surface area contributed by atoms with Gasteiger partial charge in [-0.3, -0.25) is 0 Å². The molecule has 0 aromatic rings. The second-order valence-electron chi connectivity index (χ2n) is 6.28. The summed E-state index contributed by atoms with van der Waals surface area (Å²) in [6, 6.07) is -0.412. The number of nitrogens with one attached hydrogen (secondary N) is 1. The Kier molecular flexibility index (Phi) is 9.91. The van der Waals surface area contributed by atoms with Gasteiger partial charge in [-0.05, 0) is 18.5 Å². The molecule has 0 aromatic heterocycles. The van der Waals surface area contributed by atoms with E-state index in [-0.39, 0.29) is 6.61 Å². The van der Waals surface area contributed by atoms with Gasteiger partial charge < -0.3 is 25.7 Å². The summed E-state index contributed by atoms with van der Waals surface area (Å²) in [7, 11) is 0. The molecule has 0 amide bonds. The van der Waals surface area contributed by atoms with E-state index >= 15 is 0 Å². The van der Waals surface area contributed by atoms with Gasteiger partial charge in [0.05, 0.1) is 12.6 Å². The number of hydrogen-bond donors (Lipinski definition) is 5. The molecule has 0 aromatic carbocycles. The molecule has 0 spiro atoms. The van der Waals surface area contributed by atoms with E-state index in [0.717, 1.165) is 19.4 Å². The molecule has 1 aliphatic carbocycles. The predicted molar refractivity (Wildman–Crippen MR) is 87.6 cm³/mol. The van der Waals surface area contributed by atoms with Crippen molar-refractivity contribution < 1.29 is 20.4 Å². The van der Waals surface area contributed by atoms with Gasteiger partial charge in [-0.15, -0.1) is 0 Å². The van der Waals surface area contributed by atoms with Crippen LogP contribution in [0.4, 0.5) is 0 Å². The van der Waals surface area contributed by atoms with Gasteiger partial charge in [-0.1, -0.05) is 57.9 Å². The maximum atomic E-state index is 9.95. The first kappa shape index (κ1) is 19.6. The van der Waals surface area contributed by atoms with Gasteiger partial charge in [0.2, 0.25) is 0 Å². The van der Waals surface area contributed by atoms with Crippen molar-refractivity contribution in [2.75, 3.05) is 13.2 Å². The van der Waals surface area contributed by atoms with Crippen molar-refractivity contribution in [3.05, 3.63) is 11.6 Å². The lowest BCUT2D eigenvalue weighted by Crippen LogP contribution is -2.54. The lowest BCUT2D eigenvalue weighted by atomic mass is 9.88. The minimum absolute atomic E-state index is 0.305. The van der Waals surface area contributed by atoms with E-state index in [2.05, 4.69) is 12.2 Å². The van der Waals surface area contributed by atoms with Crippen LogP contribution in [-0.4, -0.2) is 57.9 Å². The van der Waals surface area contributed by atoms with E-state index in [0.29, 0.717) is 5.57 Å². The molecule has 5 heteroatoms. The Bertz CT molecular complexity index is 322. The maximum Gasteiger partial charge on any atom is 0.111 e. The molecule has 4 atom stereocenters. The van der Waals surface area contributed by atoms with Crippen LogP contribution in [0.2, 0.25) is 0 Å². The molecular weight excluding hydrogens is 282 g/mol. The molecule has 0 saturated carbocycles. The maximum absolute atomic E-state index is 9.95. The molecule has 0 saturated heterocycles. The number of unbranched alkanes of at least 4 members (excludes halogenated alkanes) is 7. The summed E-state index contributed by atoms with van der Waals surface area (Å²) >= 11 is 0. The summed E-state index contributed by atoms with van der Waals surface area (Å²) in [5.41, 5.74) is 0.367. The molecule has 0 heterocycles. The Morgan fingerprint density at radius 3 is 2.09 bits per heavy atom. The van der Waals surface area contributed by atoms with Crippen LogP contribution >= 0.6 is 0 Å². The van der Waals surface area contributed by atoms with Crippen LogP contribution in [-0.2, 0) is 0 Å². The average Bonchev–Trinajstić information content (AvgIpc) is 2.53. The summed E-state index contributed by atoms with van der Waals surface area (Å²) in [5, 5.41) is 41.8. The van der Waals surface area contributed by atoms with Crippen molar-refractivity contribution in [1.29, 1.82) is 0 Å². The Morgan fingerprint density at radius 1 is 0.909 bits per heavy atom. The van der Waals surface area contributed by atoms with Crippen LogP contribution in [0.15, 0.2) is 11.6 Å². The van der Waals surface area contributed by atoms with Crippen LogP contribution in [0.25, 0.3) is 0 Å². The highest BCUT2D eigenvalue weighted by Gasteiger charge is 2.36. The fraction of sp³-hybridized carbons (Fsp3) is 0.882. The van der Waals surface area contributed by atoms with Crippen molar-refractivity contribution >= 4 is 0 Å². The molecule has 0 bridgehead atoms. The van der Waals surface area contributed by atoms with Crippen molar-refractivity contribution in [1.82, 2.24) is 5.32 Å². The highest BCUT2D eigenvalue weighted by atomic mass is 16.4. The number of rotatable bonds is 11. The fourth-order valence-electron chi connectivity index (χ4n) is 2.90. The monoisotopic (exact) mass is 315 g/mol. The zero-order chi connectivity index (χ0) is 16.4. The van der Waals surface area contributed by atoms with Crippen LogP contribution in [0.3, 0.4) is 0 Å². The van der Waals surface area contributed by atoms with Crippen molar-refractivity contribution in [2.24, 2.45) is 0 Å². The number of aliphatic hydroxyl groups is 4. The summed E-state index contributed by atoms with van der Waals surface area (Å²) in [6.07, 6.45) is 8.11. The second-order valence-corrected chi connectivity index (χ2v) is 6.28. The molecule has 130 valence electrons. The molecule has 1 aliphatic rings. The van der Waals surface area contributed by atoms with Crippen LogP contribution < -0.4 is 5.32 Å². The number of aliphatic hydroxyl groups excluding tert-OH is 4. The van der Waals surface area contributed by atoms with Crippen LogP contribution in [0.5, 0.6) is 0 Å². The molecule has 0 aliphatic heterocycles. The SMILES string of the molecule is CCCCCCCCCCN[C@@H]1C=C(CO)C(O)[C@H](O)C1O. The zero-order valence-electron chi connectivity index (χ0n) is 13.7. The molecule has 1 rings (SSSR count). The van der Waals surface area contributed by atoms with Gasteiger partial charge in [0, 0.05) is 0 Å². The fourth-order valence-corrected chi connectivity index (χ4v) is 2.90. The van der Waals surface area contributed by atoms with E-state index in [1.807, 2.05) is 0 Å². The normalized spacial score (nSPS) is 28.7. The molecule has 5 N–H and O–H groups in total. The largest absolute Gasteiger partial charge is 0.392 e. The third-order valence-electron chi connectivity index (χ3n) is 4.41. The van der Waals surface area contributed by atoms with Crippen LogP contribution in [0.1, 0.15) is 58.3 Å². The minimum atomic E-state index is -1.25. The smallest absolute Gasteiger partial charge is 0.111 e. The molecular formula is C17H33NO4. The quantitative estimate of drug-likeness (QED) is 0.291. The molecule has 22 heavy (non-hydrogen) atoms. The average molecular weight is 315 g/mol. The Morgan fingerprint density at radius 2 is 1.50 bits per heavy atom. The van der Waals surface area contributed by atoms with E-state index in [4.69, 9.17) is 5.11 Å². The van der Waals surface area contributed by atoms with Crippen molar-refractivity contribution in [3.8, 4) is 0 Å².